The molecular weight excluding hydrogens is 464 g/mol. The third-order valence-corrected chi connectivity index (χ3v) is 5.19. The Labute approximate surface area is 207 Å². The van der Waals surface area contributed by atoms with Crippen molar-refractivity contribution in [3.8, 4) is 11.5 Å². The number of hydrogen-bond acceptors (Lipinski definition) is 7. The lowest BCUT2D eigenvalue weighted by Crippen LogP contribution is -2.33. The Morgan fingerprint density at radius 3 is 2.47 bits per heavy atom. The zero-order valence-electron chi connectivity index (χ0n) is 19.8. The molecule has 0 heterocycles. The van der Waals surface area contributed by atoms with Crippen LogP contribution >= 0.6 is 0 Å². The van der Waals surface area contributed by atoms with E-state index >= 15 is 0 Å². The third kappa shape index (κ3) is 6.11. The predicted octanol–water partition coefficient (Wildman–Crippen LogP) is 3.93. The number of aromatic hydroxyl groups is 1. The Hall–Kier alpha value is -4.99. The molecule has 0 unspecified atom stereocenters. The van der Waals surface area contributed by atoms with Crippen LogP contribution in [0.1, 0.15) is 34.0 Å². The minimum Gasteiger partial charge on any atom is -0.507 e. The molecular formula is C26H24N4O6. The van der Waals surface area contributed by atoms with Gasteiger partial charge in [-0.05, 0) is 55.3 Å². The molecule has 2 amide bonds. The summed E-state index contributed by atoms with van der Waals surface area (Å²) in [6.07, 6.45) is 1.29. The number of ether oxygens (including phenoxy) is 1. The number of para-hydroxylation sites is 1. The molecule has 0 aliphatic carbocycles. The molecule has 10 nitrogen and oxygen atoms in total. The number of amides is 2. The normalized spacial score (nSPS) is 11.5. The maximum atomic E-state index is 13.0. The van der Waals surface area contributed by atoms with Gasteiger partial charge in [0.2, 0.25) is 0 Å². The Balaban J connectivity index is 1.96. The van der Waals surface area contributed by atoms with E-state index in [0.29, 0.717) is 22.4 Å². The first-order valence-electron chi connectivity index (χ1n) is 10.8. The predicted molar refractivity (Wildman–Crippen MR) is 135 cm³/mol. The molecule has 0 spiro atoms. The van der Waals surface area contributed by atoms with Gasteiger partial charge in [-0.2, -0.15) is 5.10 Å². The molecule has 0 fully saturated rings. The summed E-state index contributed by atoms with van der Waals surface area (Å²) in [5, 5.41) is 28.2. The highest BCUT2D eigenvalue weighted by molar-refractivity contribution is 6.06. The number of methoxy groups -OCH3 is 1. The van der Waals surface area contributed by atoms with Gasteiger partial charge in [0.1, 0.15) is 11.4 Å². The molecule has 0 saturated carbocycles. The van der Waals surface area contributed by atoms with Crippen molar-refractivity contribution in [1.82, 2.24) is 10.7 Å². The fourth-order valence-electron chi connectivity index (χ4n) is 3.25. The molecule has 10 heteroatoms. The van der Waals surface area contributed by atoms with Crippen LogP contribution < -0.4 is 15.5 Å². The molecule has 0 aliphatic heterocycles. The summed E-state index contributed by atoms with van der Waals surface area (Å²) < 4.78 is 5.01. The van der Waals surface area contributed by atoms with Gasteiger partial charge in [-0.15, -0.1) is 0 Å². The van der Waals surface area contributed by atoms with Gasteiger partial charge in [-0.3, -0.25) is 19.7 Å². The van der Waals surface area contributed by atoms with E-state index in [4.69, 9.17) is 4.74 Å². The summed E-state index contributed by atoms with van der Waals surface area (Å²) in [6, 6.07) is 17.5. The van der Waals surface area contributed by atoms with Crippen LogP contribution in [0.25, 0.3) is 6.08 Å². The average Bonchev–Trinajstić information content (AvgIpc) is 2.88. The zero-order chi connectivity index (χ0) is 26.2. The highest BCUT2D eigenvalue weighted by Crippen LogP contribution is 2.28. The van der Waals surface area contributed by atoms with Crippen LogP contribution in [-0.2, 0) is 4.79 Å². The second-order valence-electron chi connectivity index (χ2n) is 7.68. The van der Waals surface area contributed by atoms with Crippen molar-refractivity contribution in [2.75, 3.05) is 7.11 Å². The maximum Gasteiger partial charge on any atom is 0.311 e. The van der Waals surface area contributed by atoms with Gasteiger partial charge in [0.25, 0.3) is 11.8 Å². The SMILES string of the molecule is COc1ccc(/C=C(\NC(=O)c2ccccc2)C(=O)N/N=C(/C)c2cccc(C)c2O)cc1[N+](=O)[O-]. The molecule has 3 aromatic rings. The van der Waals surface area contributed by atoms with Crippen molar-refractivity contribution >= 4 is 29.3 Å². The maximum absolute atomic E-state index is 13.0. The Morgan fingerprint density at radius 2 is 1.81 bits per heavy atom. The van der Waals surface area contributed by atoms with Crippen LogP contribution in [0, 0.1) is 17.0 Å². The van der Waals surface area contributed by atoms with E-state index in [1.807, 2.05) is 0 Å². The minimum atomic E-state index is -0.774. The summed E-state index contributed by atoms with van der Waals surface area (Å²) >= 11 is 0. The summed E-state index contributed by atoms with van der Waals surface area (Å²) in [5.41, 5.74) is 3.85. The number of nitro groups is 1. The van der Waals surface area contributed by atoms with Gasteiger partial charge in [0, 0.05) is 17.2 Å². The van der Waals surface area contributed by atoms with Crippen molar-refractivity contribution in [2.24, 2.45) is 5.10 Å². The number of carbonyl (C=O) groups is 2. The molecule has 0 saturated heterocycles. The van der Waals surface area contributed by atoms with Crippen LogP contribution in [0.15, 0.2) is 77.5 Å². The van der Waals surface area contributed by atoms with E-state index in [1.54, 1.807) is 62.4 Å². The fraction of sp³-hybridized carbons (Fsp3) is 0.115. The van der Waals surface area contributed by atoms with Gasteiger partial charge >= 0.3 is 5.69 Å². The molecule has 3 N–H and O–H groups in total. The number of benzene rings is 3. The van der Waals surface area contributed by atoms with E-state index < -0.39 is 16.7 Å². The second-order valence-corrected chi connectivity index (χ2v) is 7.68. The number of nitrogens with zero attached hydrogens (tertiary/aromatic N) is 2. The largest absolute Gasteiger partial charge is 0.507 e. The van der Waals surface area contributed by atoms with Gasteiger partial charge in [0.15, 0.2) is 5.75 Å². The monoisotopic (exact) mass is 488 g/mol. The number of hydrogen-bond donors (Lipinski definition) is 3. The number of carbonyl (C=O) groups excluding carboxylic acids is 2. The van der Waals surface area contributed by atoms with Crippen molar-refractivity contribution in [2.45, 2.75) is 13.8 Å². The van der Waals surface area contributed by atoms with Crippen LogP contribution in [-0.4, -0.2) is 34.7 Å². The number of nitrogens with one attached hydrogen (secondary N) is 2. The number of nitro benzene ring substituents is 1. The molecule has 0 aliphatic rings. The molecule has 184 valence electrons. The lowest BCUT2D eigenvalue weighted by Gasteiger charge is -2.11. The van der Waals surface area contributed by atoms with Gasteiger partial charge in [-0.25, -0.2) is 5.43 Å². The van der Waals surface area contributed by atoms with Gasteiger partial charge < -0.3 is 15.2 Å². The van der Waals surface area contributed by atoms with E-state index in [9.17, 15) is 24.8 Å². The van der Waals surface area contributed by atoms with Crippen molar-refractivity contribution in [3.05, 3.63) is 105 Å². The Bertz CT molecular complexity index is 1370. The first-order chi connectivity index (χ1) is 17.2. The quantitative estimate of drug-likeness (QED) is 0.190. The highest BCUT2D eigenvalue weighted by atomic mass is 16.6. The van der Waals surface area contributed by atoms with E-state index in [0.717, 1.165) is 0 Å². The summed E-state index contributed by atoms with van der Waals surface area (Å²) in [4.78, 5) is 36.5. The summed E-state index contributed by atoms with van der Waals surface area (Å²) in [6.45, 7) is 3.34. The van der Waals surface area contributed by atoms with Crippen LogP contribution in [0.2, 0.25) is 0 Å². The topological polar surface area (TPSA) is 143 Å². The highest BCUT2D eigenvalue weighted by Gasteiger charge is 2.18. The van der Waals surface area contributed by atoms with Gasteiger partial charge in [-0.1, -0.05) is 36.4 Å². The molecule has 0 atom stereocenters. The van der Waals surface area contributed by atoms with E-state index in [1.165, 1.54) is 31.4 Å². The van der Waals surface area contributed by atoms with Crippen molar-refractivity contribution < 1.29 is 24.4 Å². The Kier molecular flexibility index (Phi) is 8.14. The molecule has 0 bridgehead atoms. The van der Waals surface area contributed by atoms with E-state index in [-0.39, 0.29) is 28.4 Å². The number of phenols is 1. The molecule has 0 aromatic heterocycles. The third-order valence-electron chi connectivity index (χ3n) is 5.19. The van der Waals surface area contributed by atoms with Crippen LogP contribution in [0.3, 0.4) is 0 Å². The van der Waals surface area contributed by atoms with E-state index in [2.05, 4.69) is 15.8 Å². The summed E-state index contributed by atoms with van der Waals surface area (Å²) in [7, 11) is 1.31. The number of rotatable bonds is 8. The first kappa shape index (κ1) is 25.6. The molecule has 36 heavy (non-hydrogen) atoms. The first-order valence-corrected chi connectivity index (χ1v) is 10.8. The molecule has 3 rings (SSSR count). The standard InChI is InChI=1S/C26H24N4O6/c1-16-8-7-11-20(24(16)31)17(2)28-29-26(33)21(27-25(32)19-9-5-4-6-10-19)14-18-12-13-23(36-3)22(15-18)30(34)35/h4-15,31H,1-3H3,(H,27,32)(H,29,33)/b21-14-,28-17-. The van der Waals surface area contributed by atoms with Gasteiger partial charge in [0.05, 0.1) is 17.7 Å². The summed E-state index contributed by atoms with van der Waals surface area (Å²) in [5.74, 6) is -1.25. The van der Waals surface area contributed by atoms with Crippen LogP contribution in [0.4, 0.5) is 5.69 Å². The number of phenolic OH excluding ortho intramolecular Hbond substituents is 1. The second kappa shape index (κ2) is 11.4. The van der Waals surface area contributed by atoms with Crippen LogP contribution in [0.5, 0.6) is 11.5 Å². The number of hydrazone groups is 1. The lowest BCUT2D eigenvalue weighted by molar-refractivity contribution is -0.385. The molecule has 3 aromatic carbocycles. The number of aryl methyl sites for hydroxylation is 1. The molecule has 0 radical (unpaired) electrons. The van der Waals surface area contributed by atoms with Crippen molar-refractivity contribution in [3.63, 3.8) is 0 Å². The zero-order valence-corrected chi connectivity index (χ0v) is 19.8. The lowest BCUT2D eigenvalue weighted by atomic mass is 10.1. The minimum absolute atomic E-state index is 0.0340. The average molecular weight is 489 g/mol. The Morgan fingerprint density at radius 1 is 1.08 bits per heavy atom. The van der Waals surface area contributed by atoms with Crippen molar-refractivity contribution in [1.29, 1.82) is 0 Å². The smallest absolute Gasteiger partial charge is 0.311 e. The fourth-order valence-corrected chi connectivity index (χ4v) is 3.25.